The van der Waals surface area contributed by atoms with Crippen LogP contribution in [0.25, 0.3) is 0 Å². The number of aliphatic hydroxyl groups excluding tert-OH is 1. The van der Waals surface area contributed by atoms with Crippen LogP contribution in [-0.4, -0.2) is 46.9 Å². The highest BCUT2D eigenvalue weighted by Crippen LogP contribution is 2.24. The fourth-order valence-corrected chi connectivity index (χ4v) is 3.94. The summed E-state index contributed by atoms with van der Waals surface area (Å²) in [6.07, 6.45) is 5.01. The van der Waals surface area contributed by atoms with Gasteiger partial charge in [-0.05, 0) is 69.6 Å². The highest BCUT2D eigenvalue weighted by atomic mass is 16.6. The van der Waals surface area contributed by atoms with E-state index >= 15 is 0 Å². The molecule has 1 aromatic rings. The van der Waals surface area contributed by atoms with Crippen molar-refractivity contribution in [1.82, 2.24) is 10.2 Å². The number of aliphatic hydroxyl groups is 1. The van der Waals surface area contributed by atoms with Gasteiger partial charge in [-0.25, -0.2) is 4.79 Å². The lowest BCUT2D eigenvalue weighted by atomic mass is 9.86. The van der Waals surface area contributed by atoms with Gasteiger partial charge in [0.05, 0.1) is 6.61 Å². The van der Waals surface area contributed by atoms with Crippen molar-refractivity contribution < 1.29 is 14.6 Å². The molecular weight excluding hydrogens is 328 g/mol. The minimum atomic E-state index is -0.435. The Kier molecular flexibility index (Phi) is 5.88. The molecule has 0 saturated carbocycles. The number of aryl methyl sites for hydroxylation is 1. The van der Waals surface area contributed by atoms with Crippen LogP contribution in [0.2, 0.25) is 0 Å². The summed E-state index contributed by atoms with van der Waals surface area (Å²) in [5.41, 5.74) is 3.34. The van der Waals surface area contributed by atoms with E-state index in [0.29, 0.717) is 12.1 Å². The van der Waals surface area contributed by atoms with Gasteiger partial charge in [0.1, 0.15) is 5.60 Å². The molecule has 5 heteroatoms. The quantitative estimate of drug-likeness (QED) is 0.870. The second kappa shape index (κ2) is 7.97. The normalized spacial score (nSPS) is 21.4. The molecule has 5 nitrogen and oxygen atoms in total. The zero-order valence-corrected chi connectivity index (χ0v) is 16.3. The number of likely N-dealkylation sites (tertiary alicyclic amines) is 1. The summed E-state index contributed by atoms with van der Waals surface area (Å²) in [5.74, 6) is 0. The van der Waals surface area contributed by atoms with Gasteiger partial charge >= 0.3 is 6.09 Å². The molecule has 0 radical (unpaired) electrons. The molecule has 144 valence electrons. The van der Waals surface area contributed by atoms with Crippen molar-refractivity contribution in [2.45, 2.75) is 77.2 Å². The van der Waals surface area contributed by atoms with Crippen LogP contribution in [-0.2, 0) is 24.2 Å². The lowest BCUT2D eigenvalue weighted by Crippen LogP contribution is -2.49. The Morgan fingerprint density at radius 3 is 2.58 bits per heavy atom. The van der Waals surface area contributed by atoms with Gasteiger partial charge in [0.2, 0.25) is 0 Å². The number of carbonyl (C=O) groups excluding carboxylic acids is 1. The van der Waals surface area contributed by atoms with Gasteiger partial charge in [-0.3, -0.25) is 0 Å². The maximum Gasteiger partial charge on any atom is 0.410 e. The smallest absolute Gasteiger partial charge is 0.410 e. The summed E-state index contributed by atoms with van der Waals surface area (Å²) in [7, 11) is 0. The number of carbonyl (C=O) groups is 1. The molecule has 0 aromatic heterocycles. The standard InChI is InChI=1S/C21H32N2O3/c1-21(2,3)26-20(25)23-10-8-18(9-11-23)22-19-7-6-16-5-4-15(14-24)12-17(16)13-19/h4-5,12,18-19,22,24H,6-11,13-14H2,1-3H3/t19-/m1/s1. The zero-order valence-electron chi connectivity index (χ0n) is 16.3. The van der Waals surface area contributed by atoms with Crippen molar-refractivity contribution in [3.05, 3.63) is 34.9 Å². The first-order valence-corrected chi connectivity index (χ1v) is 9.79. The van der Waals surface area contributed by atoms with E-state index in [1.165, 1.54) is 11.1 Å². The van der Waals surface area contributed by atoms with E-state index in [4.69, 9.17) is 4.74 Å². The van der Waals surface area contributed by atoms with Gasteiger partial charge in [0.15, 0.2) is 0 Å². The van der Waals surface area contributed by atoms with Crippen LogP contribution in [0.4, 0.5) is 4.79 Å². The highest BCUT2D eigenvalue weighted by Gasteiger charge is 2.28. The molecular formula is C21H32N2O3. The Labute approximate surface area is 156 Å². The van der Waals surface area contributed by atoms with E-state index in [-0.39, 0.29) is 12.7 Å². The Bertz CT molecular complexity index is 631. The van der Waals surface area contributed by atoms with Crippen LogP contribution in [0.5, 0.6) is 0 Å². The van der Waals surface area contributed by atoms with Crippen molar-refractivity contribution in [3.8, 4) is 0 Å². The average Bonchev–Trinajstić information content (AvgIpc) is 2.60. The number of rotatable bonds is 3. The number of nitrogens with zero attached hydrogens (tertiary/aromatic N) is 1. The fourth-order valence-electron chi connectivity index (χ4n) is 3.94. The van der Waals surface area contributed by atoms with Crippen molar-refractivity contribution in [3.63, 3.8) is 0 Å². The zero-order chi connectivity index (χ0) is 18.7. The van der Waals surface area contributed by atoms with Crippen LogP contribution < -0.4 is 5.32 Å². The summed E-state index contributed by atoms with van der Waals surface area (Å²) in [4.78, 5) is 14.0. The Hall–Kier alpha value is -1.59. The maximum absolute atomic E-state index is 12.2. The molecule has 1 aromatic carbocycles. The van der Waals surface area contributed by atoms with Gasteiger partial charge in [-0.2, -0.15) is 0 Å². The van der Waals surface area contributed by atoms with Gasteiger partial charge in [-0.1, -0.05) is 18.2 Å². The molecule has 26 heavy (non-hydrogen) atoms. The predicted octanol–water partition coefficient (Wildman–Crippen LogP) is 3.03. The number of hydrogen-bond donors (Lipinski definition) is 2. The van der Waals surface area contributed by atoms with Gasteiger partial charge in [0, 0.05) is 25.2 Å². The van der Waals surface area contributed by atoms with E-state index in [2.05, 4.69) is 17.4 Å². The summed E-state index contributed by atoms with van der Waals surface area (Å²) >= 11 is 0. The van der Waals surface area contributed by atoms with Crippen LogP contribution in [0, 0.1) is 0 Å². The second-order valence-corrected chi connectivity index (χ2v) is 8.61. The van der Waals surface area contributed by atoms with E-state index in [0.717, 1.165) is 50.8 Å². The molecule has 1 aliphatic heterocycles. The molecule has 1 amide bonds. The summed E-state index contributed by atoms with van der Waals surface area (Å²) in [6.45, 7) is 7.33. The number of ether oxygens (including phenoxy) is 1. The van der Waals surface area contributed by atoms with E-state index in [1.54, 1.807) is 0 Å². The SMILES string of the molecule is CC(C)(C)OC(=O)N1CCC(N[C@@H]2CCc3ccc(CO)cc3C2)CC1. The van der Waals surface area contributed by atoms with Gasteiger partial charge in [-0.15, -0.1) is 0 Å². The molecule has 2 aliphatic rings. The number of benzene rings is 1. The molecule has 1 heterocycles. The van der Waals surface area contributed by atoms with E-state index < -0.39 is 5.60 Å². The van der Waals surface area contributed by atoms with Gasteiger partial charge in [0.25, 0.3) is 0 Å². The molecule has 1 atom stereocenters. The first-order valence-electron chi connectivity index (χ1n) is 9.79. The molecule has 1 fully saturated rings. The van der Waals surface area contributed by atoms with Crippen LogP contribution >= 0.6 is 0 Å². The van der Waals surface area contributed by atoms with Crippen LogP contribution in [0.3, 0.4) is 0 Å². The summed E-state index contributed by atoms with van der Waals surface area (Å²) in [6, 6.07) is 7.28. The van der Waals surface area contributed by atoms with E-state index in [9.17, 15) is 9.90 Å². The van der Waals surface area contributed by atoms with Crippen molar-refractivity contribution in [1.29, 1.82) is 0 Å². The van der Waals surface area contributed by atoms with E-state index in [1.807, 2.05) is 31.7 Å². The number of nitrogens with one attached hydrogen (secondary N) is 1. The highest BCUT2D eigenvalue weighted by molar-refractivity contribution is 5.68. The lowest BCUT2D eigenvalue weighted by molar-refractivity contribution is 0.0195. The minimum absolute atomic E-state index is 0.106. The largest absolute Gasteiger partial charge is 0.444 e. The molecule has 3 rings (SSSR count). The Balaban J connectivity index is 1.48. The summed E-state index contributed by atoms with van der Waals surface area (Å²) in [5, 5.41) is 13.2. The first-order chi connectivity index (χ1) is 12.3. The molecule has 0 spiro atoms. The van der Waals surface area contributed by atoms with Crippen molar-refractivity contribution in [2.24, 2.45) is 0 Å². The molecule has 0 bridgehead atoms. The topological polar surface area (TPSA) is 61.8 Å². The molecule has 1 aliphatic carbocycles. The minimum Gasteiger partial charge on any atom is -0.444 e. The monoisotopic (exact) mass is 360 g/mol. The fraction of sp³-hybridized carbons (Fsp3) is 0.667. The number of fused-ring (bicyclic) bond motifs is 1. The third-order valence-corrected chi connectivity index (χ3v) is 5.30. The Morgan fingerprint density at radius 1 is 1.19 bits per heavy atom. The molecule has 2 N–H and O–H groups in total. The van der Waals surface area contributed by atoms with Crippen molar-refractivity contribution in [2.75, 3.05) is 13.1 Å². The molecule has 1 saturated heterocycles. The van der Waals surface area contributed by atoms with Crippen molar-refractivity contribution >= 4 is 6.09 Å². The first kappa shape index (κ1) is 19.2. The number of amides is 1. The maximum atomic E-state index is 12.2. The molecule has 0 unspecified atom stereocenters. The van der Waals surface area contributed by atoms with Gasteiger partial charge < -0.3 is 20.1 Å². The lowest BCUT2D eigenvalue weighted by Gasteiger charge is -2.36. The number of hydrogen-bond acceptors (Lipinski definition) is 4. The van der Waals surface area contributed by atoms with Crippen LogP contribution in [0.1, 0.15) is 56.7 Å². The summed E-state index contributed by atoms with van der Waals surface area (Å²) < 4.78 is 5.47. The van der Waals surface area contributed by atoms with Crippen LogP contribution in [0.15, 0.2) is 18.2 Å². The third kappa shape index (κ3) is 4.98. The third-order valence-electron chi connectivity index (χ3n) is 5.30. The Morgan fingerprint density at radius 2 is 1.92 bits per heavy atom. The second-order valence-electron chi connectivity index (χ2n) is 8.61. The average molecular weight is 360 g/mol. The predicted molar refractivity (Wildman–Crippen MR) is 102 cm³/mol. The number of piperidine rings is 1.